The summed E-state index contributed by atoms with van der Waals surface area (Å²) in [6.07, 6.45) is 5.43. The fourth-order valence-corrected chi connectivity index (χ4v) is 2.01. The molecule has 0 radical (unpaired) electrons. The van der Waals surface area contributed by atoms with Crippen molar-refractivity contribution in [1.29, 1.82) is 5.26 Å². The van der Waals surface area contributed by atoms with Crippen molar-refractivity contribution in [3.05, 3.63) is 23.4 Å². The SMILES string of the molecule is Cc1ccnc(NCC2CCCCO2)c1C#N. The van der Waals surface area contributed by atoms with Crippen molar-refractivity contribution < 1.29 is 4.74 Å². The predicted molar refractivity (Wildman–Crippen MR) is 65.8 cm³/mol. The zero-order valence-electron chi connectivity index (χ0n) is 10.1. The summed E-state index contributed by atoms with van der Waals surface area (Å²) in [6.45, 7) is 3.49. The number of nitrogens with one attached hydrogen (secondary N) is 1. The van der Waals surface area contributed by atoms with E-state index in [2.05, 4.69) is 16.4 Å². The first-order chi connectivity index (χ1) is 8.31. The Bertz CT molecular complexity index is 419. The number of pyridine rings is 1. The Kier molecular flexibility index (Phi) is 3.94. The van der Waals surface area contributed by atoms with Crippen LogP contribution in [0.3, 0.4) is 0 Å². The van der Waals surface area contributed by atoms with E-state index in [0.29, 0.717) is 11.4 Å². The van der Waals surface area contributed by atoms with E-state index in [0.717, 1.165) is 31.6 Å². The molecule has 0 spiro atoms. The lowest BCUT2D eigenvalue weighted by molar-refractivity contribution is 0.0247. The molecule has 1 unspecified atom stereocenters. The van der Waals surface area contributed by atoms with E-state index < -0.39 is 0 Å². The van der Waals surface area contributed by atoms with Crippen LogP contribution in [0.25, 0.3) is 0 Å². The van der Waals surface area contributed by atoms with Crippen LogP contribution in [-0.4, -0.2) is 24.2 Å². The minimum absolute atomic E-state index is 0.248. The van der Waals surface area contributed by atoms with Crippen LogP contribution in [-0.2, 0) is 4.74 Å². The highest BCUT2D eigenvalue weighted by atomic mass is 16.5. The number of aryl methyl sites for hydroxylation is 1. The Balaban J connectivity index is 1.99. The van der Waals surface area contributed by atoms with E-state index in [-0.39, 0.29) is 6.10 Å². The third-order valence-electron chi connectivity index (χ3n) is 3.04. The fourth-order valence-electron chi connectivity index (χ4n) is 2.01. The number of nitrogens with zero attached hydrogens (tertiary/aromatic N) is 2. The molecule has 1 aliphatic rings. The van der Waals surface area contributed by atoms with Crippen LogP contribution in [0, 0.1) is 18.3 Å². The largest absolute Gasteiger partial charge is 0.376 e. The zero-order chi connectivity index (χ0) is 12.1. The van der Waals surface area contributed by atoms with Crippen molar-refractivity contribution in [2.24, 2.45) is 0 Å². The maximum atomic E-state index is 9.07. The number of hydrogen-bond acceptors (Lipinski definition) is 4. The Labute approximate surface area is 102 Å². The second-order valence-corrected chi connectivity index (χ2v) is 4.33. The second-order valence-electron chi connectivity index (χ2n) is 4.33. The third-order valence-corrected chi connectivity index (χ3v) is 3.04. The van der Waals surface area contributed by atoms with Crippen LogP contribution in [0.15, 0.2) is 12.3 Å². The number of rotatable bonds is 3. The smallest absolute Gasteiger partial charge is 0.144 e. The standard InChI is InChI=1S/C13H17N3O/c1-10-5-6-15-13(12(10)8-14)16-9-11-4-2-3-7-17-11/h5-6,11H,2-4,7,9H2,1H3,(H,15,16). The van der Waals surface area contributed by atoms with Crippen LogP contribution >= 0.6 is 0 Å². The number of aromatic nitrogens is 1. The monoisotopic (exact) mass is 231 g/mol. The minimum Gasteiger partial charge on any atom is -0.376 e. The van der Waals surface area contributed by atoms with E-state index >= 15 is 0 Å². The number of anilines is 1. The van der Waals surface area contributed by atoms with Crippen molar-refractivity contribution in [1.82, 2.24) is 4.98 Å². The molecule has 90 valence electrons. The second kappa shape index (κ2) is 5.65. The molecule has 1 atom stereocenters. The van der Waals surface area contributed by atoms with Crippen LogP contribution in [0.4, 0.5) is 5.82 Å². The van der Waals surface area contributed by atoms with Gasteiger partial charge in [0.25, 0.3) is 0 Å². The highest BCUT2D eigenvalue weighted by Gasteiger charge is 2.14. The molecule has 0 aliphatic carbocycles. The first-order valence-corrected chi connectivity index (χ1v) is 6.02. The van der Waals surface area contributed by atoms with E-state index in [9.17, 15) is 0 Å². The van der Waals surface area contributed by atoms with Gasteiger partial charge in [0.2, 0.25) is 0 Å². The Hall–Kier alpha value is -1.60. The van der Waals surface area contributed by atoms with Crippen LogP contribution in [0.2, 0.25) is 0 Å². The van der Waals surface area contributed by atoms with Crippen LogP contribution in [0.5, 0.6) is 0 Å². The molecule has 2 rings (SSSR count). The first kappa shape index (κ1) is 11.9. The Morgan fingerprint density at radius 3 is 3.18 bits per heavy atom. The first-order valence-electron chi connectivity index (χ1n) is 6.02. The van der Waals surface area contributed by atoms with Gasteiger partial charge in [0, 0.05) is 19.3 Å². The van der Waals surface area contributed by atoms with Crippen molar-refractivity contribution in [3.63, 3.8) is 0 Å². The summed E-state index contributed by atoms with van der Waals surface area (Å²) in [5.41, 5.74) is 1.58. The average Bonchev–Trinajstić information content (AvgIpc) is 2.37. The normalized spacial score (nSPS) is 19.6. The molecule has 0 saturated carbocycles. The van der Waals surface area contributed by atoms with Gasteiger partial charge in [0.1, 0.15) is 11.9 Å². The maximum absolute atomic E-state index is 9.07. The average molecular weight is 231 g/mol. The molecular formula is C13H17N3O. The number of ether oxygens (including phenoxy) is 1. The van der Waals surface area contributed by atoms with Gasteiger partial charge in [-0.1, -0.05) is 0 Å². The van der Waals surface area contributed by atoms with Crippen molar-refractivity contribution in [2.75, 3.05) is 18.5 Å². The topological polar surface area (TPSA) is 57.9 Å². The fraction of sp³-hybridized carbons (Fsp3) is 0.538. The molecule has 4 nitrogen and oxygen atoms in total. The summed E-state index contributed by atoms with van der Waals surface area (Å²) in [7, 11) is 0. The van der Waals surface area contributed by atoms with E-state index in [1.807, 2.05) is 13.0 Å². The highest BCUT2D eigenvalue weighted by Crippen LogP contribution is 2.17. The third kappa shape index (κ3) is 2.95. The molecule has 1 N–H and O–H groups in total. The summed E-state index contributed by atoms with van der Waals surface area (Å²) in [5, 5.41) is 12.3. The maximum Gasteiger partial charge on any atom is 0.144 e. The van der Waals surface area contributed by atoms with Gasteiger partial charge in [-0.25, -0.2) is 4.98 Å². The van der Waals surface area contributed by atoms with Gasteiger partial charge in [0.15, 0.2) is 0 Å². The highest BCUT2D eigenvalue weighted by molar-refractivity contribution is 5.55. The molecule has 1 fully saturated rings. The van der Waals surface area contributed by atoms with Crippen LogP contribution in [0.1, 0.15) is 30.4 Å². The van der Waals surface area contributed by atoms with Crippen LogP contribution < -0.4 is 5.32 Å². The molecule has 4 heteroatoms. The Morgan fingerprint density at radius 1 is 1.59 bits per heavy atom. The summed E-state index contributed by atoms with van der Waals surface area (Å²) in [4.78, 5) is 4.21. The number of hydrogen-bond donors (Lipinski definition) is 1. The Morgan fingerprint density at radius 2 is 2.47 bits per heavy atom. The summed E-state index contributed by atoms with van der Waals surface area (Å²) >= 11 is 0. The van der Waals surface area contributed by atoms with Gasteiger partial charge in [-0.15, -0.1) is 0 Å². The van der Waals surface area contributed by atoms with Gasteiger partial charge < -0.3 is 10.1 Å². The molecule has 0 bridgehead atoms. The number of nitriles is 1. The summed E-state index contributed by atoms with van der Waals surface area (Å²) in [6, 6.07) is 4.03. The van der Waals surface area contributed by atoms with E-state index in [1.54, 1.807) is 6.20 Å². The lowest BCUT2D eigenvalue weighted by Gasteiger charge is -2.23. The van der Waals surface area contributed by atoms with Crippen molar-refractivity contribution in [3.8, 4) is 6.07 Å². The lowest BCUT2D eigenvalue weighted by Crippen LogP contribution is -2.27. The molecule has 0 amide bonds. The van der Waals surface area contributed by atoms with E-state index in [4.69, 9.17) is 10.00 Å². The summed E-state index contributed by atoms with van der Waals surface area (Å²) in [5.74, 6) is 0.668. The van der Waals surface area contributed by atoms with Gasteiger partial charge in [-0.3, -0.25) is 0 Å². The van der Waals surface area contributed by atoms with E-state index in [1.165, 1.54) is 6.42 Å². The molecule has 0 aromatic carbocycles. The molecule has 1 aromatic heterocycles. The summed E-state index contributed by atoms with van der Waals surface area (Å²) < 4.78 is 5.63. The molecule has 1 aromatic rings. The molecule has 2 heterocycles. The van der Waals surface area contributed by atoms with Gasteiger partial charge in [0.05, 0.1) is 11.7 Å². The molecular weight excluding hydrogens is 214 g/mol. The van der Waals surface area contributed by atoms with Crippen molar-refractivity contribution >= 4 is 5.82 Å². The quantitative estimate of drug-likeness (QED) is 0.866. The molecule has 17 heavy (non-hydrogen) atoms. The lowest BCUT2D eigenvalue weighted by atomic mass is 10.1. The van der Waals surface area contributed by atoms with Crippen molar-refractivity contribution in [2.45, 2.75) is 32.3 Å². The predicted octanol–water partition coefficient (Wildman–Crippen LogP) is 2.24. The minimum atomic E-state index is 0.248. The zero-order valence-corrected chi connectivity index (χ0v) is 10.1. The molecule has 1 aliphatic heterocycles. The molecule has 1 saturated heterocycles. The van der Waals surface area contributed by atoms with Gasteiger partial charge >= 0.3 is 0 Å². The van der Waals surface area contributed by atoms with Gasteiger partial charge in [-0.2, -0.15) is 5.26 Å². The van der Waals surface area contributed by atoms with Gasteiger partial charge in [-0.05, 0) is 37.8 Å².